The van der Waals surface area contributed by atoms with Crippen molar-refractivity contribution in [1.82, 2.24) is 4.90 Å². The van der Waals surface area contributed by atoms with Crippen molar-refractivity contribution in [2.45, 2.75) is 44.9 Å². The zero-order chi connectivity index (χ0) is 19.9. The number of ether oxygens (including phenoxy) is 2. The van der Waals surface area contributed by atoms with Crippen LogP contribution in [0.2, 0.25) is 0 Å². The van der Waals surface area contributed by atoms with Crippen molar-refractivity contribution in [3.63, 3.8) is 0 Å². The van der Waals surface area contributed by atoms with Crippen LogP contribution in [0.5, 0.6) is 5.75 Å². The smallest absolute Gasteiger partial charge is 0.119 e. The number of nitrogens with zero attached hydrogens (tertiary/aromatic N) is 1. The summed E-state index contributed by atoms with van der Waals surface area (Å²) in [5.41, 5.74) is 2.48. The topological polar surface area (TPSA) is 41.9 Å². The molecule has 2 aromatic rings. The van der Waals surface area contributed by atoms with Crippen molar-refractivity contribution in [2.75, 3.05) is 26.3 Å². The molecule has 1 N–H and O–H groups in total. The van der Waals surface area contributed by atoms with Crippen LogP contribution >= 0.6 is 28.3 Å². The van der Waals surface area contributed by atoms with Gasteiger partial charge in [-0.05, 0) is 48.7 Å². The van der Waals surface area contributed by atoms with E-state index in [0.717, 1.165) is 29.6 Å². The van der Waals surface area contributed by atoms with Gasteiger partial charge in [0.2, 0.25) is 0 Å². The van der Waals surface area contributed by atoms with Crippen LogP contribution in [-0.2, 0) is 11.2 Å². The van der Waals surface area contributed by atoms with Crippen LogP contribution < -0.4 is 4.74 Å². The highest BCUT2D eigenvalue weighted by molar-refractivity contribution is 9.10. The molecule has 0 saturated carbocycles. The molecule has 3 unspecified atom stereocenters. The third-order valence-electron chi connectivity index (χ3n) is 5.24. The predicted molar refractivity (Wildman–Crippen MR) is 123 cm³/mol. The van der Waals surface area contributed by atoms with Gasteiger partial charge in [-0.15, -0.1) is 12.4 Å². The summed E-state index contributed by atoms with van der Waals surface area (Å²) in [7, 11) is 0. The van der Waals surface area contributed by atoms with E-state index in [4.69, 9.17) is 9.47 Å². The van der Waals surface area contributed by atoms with Crippen molar-refractivity contribution >= 4 is 28.3 Å². The molecule has 0 radical (unpaired) electrons. The molecule has 3 atom stereocenters. The van der Waals surface area contributed by atoms with Gasteiger partial charge in [0.25, 0.3) is 0 Å². The molecule has 1 aliphatic heterocycles. The minimum absolute atomic E-state index is 0. The Labute approximate surface area is 188 Å². The number of aryl methyl sites for hydroxylation is 1. The first-order chi connectivity index (χ1) is 13.6. The van der Waals surface area contributed by atoms with Crippen molar-refractivity contribution in [3.8, 4) is 5.75 Å². The molecule has 3 rings (SSSR count). The highest BCUT2D eigenvalue weighted by Gasteiger charge is 2.31. The molecule has 0 bridgehead atoms. The second-order valence-electron chi connectivity index (χ2n) is 7.44. The van der Waals surface area contributed by atoms with Crippen molar-refractivity contribution in [1.29, 1.82) is 0 Å². The maximum Gasteiger partial charge on any atom is 0.119 e. The Balaban J connectivity index is 0.00000300. The summed E-state index contributed by atoms with van der Waals surface area (Å²) in [6.45, 7) is 6.68. The number of hydrogen-bond acceptors (Lipinski definition) is 4. The lowest BCUT2D eigenvalue weighted by Gasteiger charge is -2.40. The Hall–Kier alpha value is -1.11. The Morgan fingerprint density at radius 1 is 1.17 bits per heavy atom. The molecule has 4 nitrogen and oxygen atoms in total. The first-order valence-electron chi connectivity index (χ1n) is 10.1. The number of rotatable bonds is 8. The fourth-order valence-electron chi connectivity index (χ4n) is 3.67. The highest BCUT2D eigenvalue weighted by Crippen LogP contribution is 2.29. The molecule has 1 aliphatic rings. The molecule has 6 heteroatoms. The molecule has 1 fully saturated rings. The number of benzene rings is 2. The quantitative estimate of drug-likeness (QED) is 0.571. The lowest BCUT2D eigenvalue weighted by atomic mass is 10.0. The molecule has 29 heavy (non-hydrogen) atoms. The average molecular weight is 485 g/mol. The number of hydrogen-bond donors (Lipinski definition) is 1. The van der Waals surface area contributed by atoms with Gasteiger partial charge in [-0.3, -0.25) is 4.90 Å². The minimum atomic E-state index is -0.540. The lowest BCUT2D eigenvalue weighted by Crippen LogP contribution is -2.49. The third-order valence-corrected chi connectivity index (χ3v) is 5.77. The molecule has 0 aromatic heterocycles. The van der Waals surface area contributed by atoms with Gasteiger partial charge >= 0.3 is 0 Å². The van der Waals surface area contributed by atoms with Gasteiger partial charge in [-0.2, -0.15) is 0 Å². The van der Waals surface area contributed by atoms with E-state index in [0.29, 0.717) is 19.8 Å². The Morgan fingerprint density at radius 2 is 1.86 bits per heavy atom. The van der Waals surface area contributed by atoms with E-state index in [2.05, 4.69) is 58.9 Å². The number of β-amino-alcohol motifs (C(OH)–C–C–N with tert-alkyl or cyclic N) is 1. The lowest BCUT2D eigenvalue weighted by molar-refractivity contribution is -0.0804. The second-order valence-corrected chi connectivity index (χ2v) is 8.35. The van der Waals surface area contributed by atoms with Crippen LogP contribution in [0.1, 0.15) is 37.5 Å². The van der Waals surface area contributed by atoms with Gasteiger partial charge in [0.15, 0.2) is 0 Å². The van der Waals surface area contributed by atoms with Crippen LogP contribution in [0.15, 0.2) is 53.0 Å². The zero-order valence-corrected chi connectivity index (χ0v) is 19.5. The highest BCUT2D eigenvalue weighted by atomic mass is 79.9. The van der Waals surface area contributed by atoms with Gasteiger partial charge in [0, 0.05) is 23.6 Å². The number of aliphatic hydroxyl groups is 1. The molecule has 0 amide bonds. The predicted octanol–water partition coefficient (Wildman–Crippen LogP) is 5.03. The molecule has 1 heterocycles. The van der Waals surface area contributed by atoms with E-state index in [-0.39, 0.29) is 24.6 Å². The first kappa shape index (κ1) is 24.2. The Kier molecular flexibility index (Phi) is 9.93. The van der Waals surface area contributed by atoms with E-state index in [1.807, 2.05) is 24.3 Å². The largest absolute Gasteiger partial charge is 0.491 e. The number of halogens is 2. The summed E-state index contributed by atoms with van der Waals surface area (Å²) >= 11 is 3.48. The first-order valence-corrected chi connectivity index (χ1v) is 10.9. The van der Waals surface area contributed by atoms with Crippen molar-refractivity contribution in [3.05, 3.63) is 64.1 Å². The van der Waals surface area contributed by atoms with E-state index < -0.39 is 6.10 Å². The summed E-state index contributed by atoms with van der Waals surface area (Å²) in [5.74, 6) is 0.807. The average Bonchev–Trinajstić information content (AvgIpc) is 2.70. The summed E-state index contributed by atoms with van der Waals surface area (Å²) < 4.78 is 12.9. The van der Waals surface area contributed by atoms with E-state index in [9.17, 15) is 5.11 Å². The Morgan fingerprint density at radius 3 is 2.52 bits per heavy atom. The molecule has 2 aromatic carbocycles. The summed E-state index contributed by atoms with van der Waals surface area (Å²) in [6.07, 6.45) is 1.69. The maximum atomic E-state index is 10.5. The van der Waals surface area contributed by atoms with Crippen LogP contribution in [0, 0.1) is 0 Å². The third kappa shape index (κ3) is 6.97. The van der Waals surface area contributed by atoms with Crippen LogP contribution in [0.4, 0.5) is 0 Å². The number of morpholine rings is 1. The Bertz CT molecular complexity index is 726. The second kappa shape index (κ2) is 11.9. The van der Waals surface area contributed by atoms with Gasteiger partial charge in [0.05, 0.1) is 12.7 Å². The molecular weight excluding hydrogens is 454 g/mol. The summed E-state index contributed by atoms with van der Waals surface area (Å²) in [5, 5.41) is 10.5. The SMILES string of the molecule is CCCc1ccc(OCC(O)CN2CCOC(c3ccc(Br)cc3)C2C)cc1.Cl. The van der Waals surface area contributed by atoms with E-state index in [1.54, 1.807) is 0 Å². The summed E-state index contributed by atoms with van der Waals surface area (Å²) in [4.78, 5) is 2.29. The van der Waals surface area contributed by atoms with Crippen LogP contribution in [0.3, 0.4) is 0 Å². The molecule has 160 valence electrons. The van der Waals surface area contributed by atoms with Gasteiger partial charge < -0.3 is 14.6 Å². The monoisotopic (exact) mass is 483 g/mol. The zero-order valence-electron chi connectivity index (χ0n) is 17.1. The van der Waals surface area contributed by atoms with Crippen molar-refractivity contribution < 1.29 is 14.6 Å². The van der Waals surface area contributed by atoms with E-state index in [1.165, 1.54) is 11.1 Å². The van der Waals surface area contributed by atoms with E-state index >= 15 is 0 Å². The van der Waals surface area contributed by atoms with Gasteiger partial charge in [0.1, 0.15) is 18.5 Å². The summed E-state index contributed by atoms with van der Waals surface area (Å²) in [6, 6.07) is 16.6. The molecule has 0 aliphatic carbocycles. The van der Waals surface area contributed by atoms with Gasteiger partial charge in [-0.1, -0.05) is 53.5 Å². The normalized spacial score (nSPS) is 20.7. The fourth-order valence-corrected chi connectivity index (χ4v) is 3.94. The van der Waals surface area contributed by atoms with Gasteiger partial charge in [-0.25, -0.2) is 0 Å². The molecule has 0 spiro atoms. The standard InChI is InChI=1S/C23H30BrNO3.ClH/c1-3-4-18-5-11-22(12-6-18)28-16-21(26)15-25-13-14-27-23(17(25)2)19-7-9-20(24)10-8-19;/h5-12,17,21,23,26H,3-4,13-16H2,1-2H3;1H. The maximum absolute atomic E-state index is 10.5. The number of aliphatic hydroxyl groups excluding tert-OH is 1. The van der Waals surface area contributed by atoms with Crippen LogP contribution in [0.25, 0.3) is 0 Å². The van der Waals surface area contributed by atoms with Crippen molar-refractivity contribution in [2.24, 2.45) is 0 Å². The fraction of sp³-hybridized carbons (Fsp3) is 0.478. The van der Waals surface area contributed by atoms with Crippen LogP contribution in [-0.4, -0.2) is 48.5 Å². The minimum Gasteiger partial charge on any atom is -0.491 e. The molecule has 1 saturated heterocycles. The molecular formula is C23H31BrClNO3.